The fourth-order valence-corrected chi connectivity index (χ4v) is 5.36. The van der Waals surface area contributed by atoms with Crippen LogP contribution in [0.15, 0.2) is 71.6 Å². The minimum absolute atomic E-state index is 0.222. The minimum atomic E-state index is -0.290. The van der Waals surface area contributed by atoms with Crippen molar-refractivity contribution < 1.29 is 19.1 Å². The van der Waals surface area contributed by atoms with Crippen molar-refractivity contribution in [1.82, 2.24) is 4.90 Å². The van der Waals surface area contributed by atoms with E-state index in [-0.39, 0.29) is 17.8 Å². The maximum Gasteiger partial charge on any atom is 0.293 e. The van der Waals surface area contributed by atoms with Crippen LogP contribution in [0.25, 0.3) is 6.08 Å². The number of hydrogen-bond donors (Lipinski definition) is 0. The first-order valence-electron chi connectivity index (χ1n) is 11.4. The summed E-state index contributed by atoms with van der Waals surface area (Å²) in [5.74, 6) is 0.814. The molecule has 0 N–H and O–H groups in total. The number of ether oxygens (including phenoxy) is 2. The molecule has 0 spiro atoms. The van der Waals surface area contributed by atoms with Crippen molar-refractivity contribution in [2.45, 2.75) is 20.0 Å². The van der Waals surface area contributed by atoms with Crippen LogP contribution in [-0.4, -0.2) is 29.2 Å². The molecule has 1 heterocycles. The lowest BCUT2D eigenvalue weighted by molar-refractivity contribution is -0.122. The lowest BCUT2D eigenvalue weighted by atomic mass is 10.1. The third kappa shape index (κ3) is 6.09. The third-order valence-corrected chi connectivity index (χ3v) is 7.19. The maximum absolute atomic E-state index is 13.0. The zero-order valence-corrected chi connectivity index (χ0v) is 22.5. The molecule has 1 aliphatic rings. The first-order valence-corrected chi connectivity index (χ1v) is 13.3. The predicted octanol–water partition coefficient (Wildman–Crippen LogP) is 6.42. The number of halogens is 1. The highest BCUT2D eigenvalue weighted by molar-refractivity contribution is 14.1. The summed E-state index contributed by atoms with van der Waals surface area (Å²) in [5, 5.41) is 9.07. The van der Waals surface area contributed by atoms with E-state index in [4.69, 9.17) is 9.47 Å². The summed E-state index contributed by atoms with van der Waals surface area (Å²) in [7, 11) is 0. The van der Waals surface area contributed by atoms with Gasteiger partial charge in [-0.25, -0.2) is 0 Å². The molecule has 1 fully saturated rings. The van der Waals surface area contributed by atoms with Crippen LogP contribution in [0.1, 0.15) is 29.2 Å². The van der Waals surface area contributed by atoms with E-state index >= 15 is 0 Å². The molecule has 3 aromatic carbocycles. The van der Waals surface area contributed by atoms with Crippen LogP contribution in [-0.2, 0) is 17.8 Å². The van der Waals surface area contributed by atoms with Gasteiger partial charge in [-0.3, -0.25) is 14.5 Å². The van der Waals surface area contributed by atoms with E-state index in [9.17, 15) is 14.9 Å². The lowest BCUT2D eigenvalue weighted by Crippen LogP contribution is -2.30. The number of imide groups is 1. The Morgan fingerprint density at radius 3 is 2.56 bits per heavy atom. The average Bonchev–Trinajstić information content (AvgIpc) is 3.15. The van der Waals surface area contributed by atoms with Crippen LogP contribution >= 0.6 is 34.4 Å². The Hall–Kier alpha value is -3.29. The van der Waals surface area contributed by atoms with Crippen molar-refractivity contribution in [3.8, 4) is 17.6 Å². The van der Waals surface area contributed by atoms with Gasteiger partial charge in [-0.2, -0.15) is 5.26 Å². The Balaban J connectivity index is 1.53. The first kappa shape index (κ1) is 25.8. The molecule has 6 nitrogen and oxygen atoms in total. The van der Waals surface area contributed by atoms with Gasteiger partial charge in [-0.05, 0) is 83.1 Å². The van der Waals surface area contributed by atoms with Gasteiger partial charge in [0.25, 0.3) is 11.1 Å². The molecule has 2 amide bonds. The number of hydrogen-bond acceptors (Lipinski definition) is 6. The molecule has 3 aromatic rings. The number of nitriles is 1. The van der Waals surface area contributed by atoms with Gasteiger partial charge in [0.1, 0.15) is 6.61 Å². The Bertz CT molecular complexity index is 1350. The van der Waals surface area contributed by atoms with Gasteiger partial charge in [-0.1, -0.05) is 48.5 Å². The number of benzene rings is 3. The van der Waals surface area contributed by atoms with E-state index < -0.39 is 0 Å². The van der Waals surface area contributed by atoms with Crippen LogP contribution in [0.4, 0.5) is 4.79 Å². The highest BCUT2D eigenvalue weighted by Crippen LogP contribution is 2.38. The molecule has 1 saturated heterocycles. The Labute approximate surface area is 228 Å². The Kier molecular flexibility index (Phi) is 8.67. The van der Waals surface area contributed by atoms with Crippen molar-refractivity contribution >= 4 is 51.6 Å². The summed E-state index contributed by atoms with van der Waals surface area (Å²) < 4.78 is 12.7. The minimum Gasteiger partial charge on any atom is -0.490 e. The van der Waals surface area contributed by atoms with E-state index in [0.717, 1.165) is 32.0 Å². The number of thioether (sulfide) groups is 1. The summed E-state index contributed by atoms with van der Waals surface area (Å²) in [6.07, 6.45) is 2.33. The highest BCUT2D eigenvalue weighted by Gasteiger charge is 2.34. The van der Waals surface area contributed by atoms with E-state index in [0.29, 0.717) is 41.5 Å². The van der Waals surface area contributed by atoms with Crippen molar-refractivity contribution in [2.24, 2.45) is 0 Å². The largest absolute Gasteiger partial charge is 0.490 e. The molecule has 182 valence electrons. The average molecular weight is 610 g/mol. The molecule has 0 atom stereocenters. The summed E-state index contributed by atoms with van der Waals surface area (Å²) >= 11 is 3.11. The normalized spacial score (nSPS) is 14.2. The first-order chi connectivity index (χ1) is 17.5. The fraction of sp³-hybridized carbons (Fsp3) is 0.179. The molecular formula is C28H23IN2O4S. The van der Waals surface area contributed by atoms with Gasteiger partial charge < -0.3 is 9.47 Å². The molecule has 1 aliphatic heterocycles. The number of nitrogens with zero attached hydrogens (tertiary/aromatic N) is 2. The van der Waals surface area contributed by atoms with Gasteiger partial charge in [0.05, 0.1) is 26.7 Å². The molecule has 0 radical (unpaired) electrons. The number of carbonyl (C=O) groups excluding carboxylic acids is 2. The molecule has 36 heavy (non-hydrogen) atoms. The SMILES string of the molecule is CCOc1cc(/C=C2\SC(=O)N(CCc3ccccc3)C2=O)cc(I)c1OCc1ccccc1C#N. The zero-order valence-electron chi connectivity index (χ0n) is 19.6. The van der Waals surface area contributed by atoms with Crippen LogP contribution in [0.3, 0.4) is 0 Å². The Morgan fingerprint density at radius 2 is 1.81 bits per heavy atom. The van der Waals surface area contributed by atoms with Gasteiger partial charge in [0, 0.05) is 12.1 Å². The van der Waals surface area contributed by atoms with Gasteiger partial charge >= 0.3 is 0 Å². The van der Waals surface area contributed by atoms with Gasteiger partial charge in [-0.15, -0.1) is 0 Å². The summed E-state index contributed by atoms with van der Waals surface area (Å²) in [6.45, 7) is 2.87. The van der Waals surface area contributed by atoms with Crippen molar-refractivity contribution in [1.29, 1.82) is 5.26 Å². The molecule has 0 aromatic heterocycles. The van der Waals surface area contributed by atoms with Crippen LogP contribution in [0.5, 0.6) is 11.5 Å². The van der Waals surface area contributed by atoms with Gasteiger partial charge in [0.2, 0.25) is 0 Å². The standard InChI is InChI=1S/C28H23IN2O4S/c1-2-34-24-15-20(14-23(29)26(24)35-18-22-11-7-6-10-21(22)17-30)16-25-27(32)31(28(33)36-25)13-12-19-8-4-3-5-9-19/h3-11,14-16H,2,12-13,18H2,1H3/b25-16-. The molecule has 0 unspecified atom stereocenters. The highest BCUT2D eigenvalue weighted by atomic mass is 127. The summed E-state index contributed by atoms with van der Waals surface area (Å²) in [4.78, 5) is 27.2. The van der Waals surface area contributed by atoms with Crippen LogP contribution < -0.4 is 9.47 Å². The molecule has 8 heteroatoms. The van der Waals surface area contributed by atoms with E-state index in [1.165, 1.54) is 4.90 Å². The molecule has 0 bridgehead atoms. The molecular weight excluding hydrogens is 587 g/mol. The lowest BCUT2D eigenvalue weighted by Gasteiger charge is -2.15. The van der Waals surface area contributed by atoms with E-state index in [1.54, 1.807) is 18.2 Å². The predicted molar refractivity (Wildman–Crippen MR) is 149 cm³/mol. The van der Waals surface area contributed by atoms with Crippen molar-refractivity contribution in [2.75, 3.05) is 13.2 Å². The van der Waals surface area contributed by atoms with Crippen molar-refractivity contribution in [3.63, 3.8) is 0 Å². The molecule has 0 aliphatic carbocycles. The van der Waals surface area contributed by atoms with Crippen LogP contribution in [0, 0.1) is 14.9 Å². The number of carbonyl (C=O) groups is 2. The monoisotopic (exact) mass is 610 g/mol. The topological polar surface area (TPSA) is 79.6 Å². The second-order valence-corrected chi connectivity index (χ2v) is 10.0. The zero-order chi connectivity index (χ0) is 25.5. The quantitative estimate of drug-likeness (QED) is 0.206. The maximum atomic E-state index is 13.0. The number of amides is 2. The third-order valence-electron chi connectivity index (χ3n) is 5.48. The van der Waals surface area contributed by atoms with E-state index in [2.05, 4.69) is 28.7 Å². The van der Waals surface area contributed by atoms with E-state index in [1.807, 2.05) is 61.5 Å². The summed E-state index contributed by atoms with van der Waals surface area (Å²) in [6, 6.07) is 22.9. The van der Waals surface area contributed by atoms with Crippen molar-refractivity contribution in [3.05, 3.63) is 97.5 Å². The number of rotatable bonds is 9. The summed E-state index contributed by atoms with van der Waals surface area (Å²) in [5.41, 5.74) is 3.15. The molecule has 0 saturated carbocycles. The Morgan fingerprint density at radius 1 is 1.06 bits per heavy atom. The second-order valence-electron chi connectivity index (χ2n) is 7.89. The van der Waals surface area contributed by atoms with Gasteiger partial charge in [0.15, 0.2) is 11.5 Å². The smallest absolute Gasteiger partial charge is 0.293 e. The second kappa shape index (κ2) is 12.1. The molecule has 4 rings (SSSR count). The van der Waals surface area contributed by atoms with Crippen LogP contribution in [0.2, 0.25) is 0 Å². The fourth-order valence-electron chi connectivity index (χ4n) is 3.71.